The van der Waals surface area contributed by atoms with E-state index in [1.54, 1.807) is 19.4 Å². The number of ether oxygens (including phenoxy) is 1. The van der Waals surface area contributed by atoms with Crippen LogP contribution in [0.4, 0.5) is 5.69 Å². The molecule has 148 valence electrons. The van der Waals surface area contributed by atoms with Gasteiger partial charge in [0.25, 0.3) is 5.56 Å². The van der Waals surface area contributed by atoms with E-state index in [-0.39, 0.29) is 24.1 Å². The molecular weight excluding hydrogens is 356 g/mol. The van der Waals surface area contributed by atoms with Crippen LogP contribution in [0, 0.1) is 0 Å². The van der Waals surface area contributed by atoms with E-state index in [1.165, 1.54) is 4.68 Å². The molecular formula is C21H26N4O3. The first kappa shape index (κ1) is 18.5. The first-order chi connectivity index (χ1) is 13.6. The normalized spacial score (nSPS) is 16.2. The third kappa shape index (κ3) is 4.18. The number of anilines is 1. The van der Waals surface area contributed by atoms with Crippen molar-refractivity contribution in [2.24, 2.45) is 0 Å². The van der Waals surface area contributed by atoms with Crippen LogP contribution in [0.25, 0.3) is 0 Å². The molecule has 2 fully saturated rings. The SMILES string of the molecule is COc1cccc(CN(C(=O)Cn2ncc(N3CCCC3)cc2=O)C2CC2)c1. The molecule has 0 N–H and O–H groups in total. The summed E-state index contributed by atoms with van der Waals surface area (Å²) in [5.74, 6) is 0.699. The summed E-state index contributed by atoms with van der Waals surface area (Å²) in [6.07, 6.45) is 5.99. The zero-order valence-electron chi connectivity index (χ0n) is 16.2. The van der Waals surface area contributed by atoms with Crippen LogP contribution < -0.4 is 15.2 Å². The van der Waals surface area contributed by atoms with Gasteiger partial charge in [-0.2, -0.15) is 5.10 Å². The third-order valence-electron chi connectivity index (χ3n) is 5.41. The maximum absolute atomic E-state index is 12.9. The van der Waals surface area contributed by atoms with Crippen LogP contribution in [0.15, 0.2) is 41.3 Å². The Hall–Kier alpha value is -2.83. The second-order valence-corrected chi connectivity index (χ2v) is 7.51. The Morgan fingerprint density at radius 1 is 1.25 bits per heavy atom. The summed E-state index contributed by atoms with van der Waals surface area (Å²) in [6, 6.07) is 9.58. The summed E-state index contributed by atoms with van der Waals surface area (Å²) in [6.45, 7) is 2.40. The van der Waals surface area contributed by atoms with Gasteiger partial charge in [0, 0.05) is 31.7 Å². The summed E-state index contributed by atoms with van der Waals surface area (Å²) < 4.78 is 6.54. The number of carbonyl (C=O) groups is 1. The van der Waals surface area contributed by atoms with Gasteiger partial charge in [-0.05, 0) is 43.4 Å². The molecule has 2 aliphatic rings. The molecule has 4 rings (SSSR count). The fourth-order valence-electron chi connectivity index (χ4n) is 3.68. The van der Waals surface area contributed by atoms with Crippen molar-refractivity contribution < 1.29 is 9.53 Å². The lowest BCUT2D eigenvalue weighted by molar-refractivity contribution is -0.133. The molecule has 7 heteroatoms. The van der Waals surface area contributed by atoms with Gasteiger partial charge in [0.15, 0.2) is 0 Å². The Balaban J connectivity index is 1.46. The number of hydrogen-bond donors (Lipinski definition) is 0. The van der Waals surface area contributed by atoms with E-state index in [4.69, 9.17) is 4.74 Å². The Bertz CT molecular complexity index is 901. The quantitative estimate of drug-likeness (QED) is 0.733. The number of aromatic nitrogens is 2. The van der Waals surface area contributed by atoms with Crippen molar-refractivity contribution in [1.29, 1.82) is 0 Å². The van der Waals surface area contributed by atoms with Crippen LogP contribution in [0.3, 0.4) is 0 Å². The van der Waals surface area contributed by atoms with E-state index in [0.717, 1.165) is 55.8 Å². The van der Waals surface area contributed by atoms with Crippen molar-refractivity contribution in [2.45, 2.75) is 44.8 Å². The van der Waals surface area contributed by atoms with Gasteiger partial charge in [0.05, 0.1) is 19.0 Å². The molecule has 0 atom stereocenters. The molecule has 2 heterocycles. The predicted octanol–water partition coefficient (Wildman–Crippen LogP) is 2.04. The number of carbonyl (C=O) groups excluding carboxylic acids is 1. The van der Waals surface area contributed by atoms with E-state index in [2.05, 4.69) is 10.00 Å². The summed E-state index contributed by atoms with van der Waals surface area (Å²) in [5.41, 5.74) is 1.64. The van der Waals surface area contributed by atoms with Crippen molar-refractivity contribution in [3.63, 3.8) is 0 Å². The fraction of sp³-hybridized carbons (Fsp3) is 0.476. The molecule has 1 amide bonds. The summed E-state index contributed by atoms with van der Waals surface area (Å²) in [4.78, 5) is 29.4. The van der Waals surface area contributed by atoms with Crippen LogP contribution in [0.2, 0.25) is 0 Å². The molecule has 0 unspecified atom stereocenters. The van der Waals surface area contributed by atoms with Gasteiger partial charge in [-0.3, -0.25) is 9.59 Å². The molecule has 2 aromatic rings. The Kier molecular flexibility index (Phi) is 5.32. The third-order valence-corrected chi connectivity index (χ3v) is 5.41. The maximum Gasteiger partial charge on any atom is 0.269 e. The highest BCUT2D eigenvalue weighted by Gasteiger charge is 2.32. The van der Waals surface area contributed by atoms with Crippen molar-refractivity contribution in [3.05, 3.63) is 52.4 Å². The molecule has 0 spiro atoms. The molecule has 1 aliphatic heterocycles. The van der Waals surface area contributed by atoms with E-state index in [1.807, 2.05) is 29.2 Å². The minimum Gasteiger partial charge on any atom is -0.497 e. The monoisotopic (exact) mass is 382 g/mol. The Morgan fingerprint density at radius 2 is 2.04 bits per heavy atom. The largest absolute Gasteiger partial charge is 0.497 e. The number of methoxy groups -OCH3 is 1. The molecule has 0 radical (unpaired) electrons. The lowest BCUT2D eigenvalue weighted by atomic mass is 10.2. The smallest absolute Gasteiger partial charge is 0.269 e. The van der Waals surface area contributed by atoms with Gasteiger partial charge in [0.1, 0.15) is 12.3 Å². The lowest BCUT2D eigenvalue weighted by Crippen LogP contribution is -2.38. The van der Waals surface area contributed by atoms with Crippen molar-refractivity contribution in [3.8, 4) is 5.75 Å². The summed E-state index contributed by atoms with van der Waals surface area (Å²) in [7, 11) is 1.63. The molecule has 1 saturated heterocycles. The maximum atomic E-state index is 12.9. The Labute approximate surface area is 164 Å². The first-order valence-corrected chi connectivity index (χ1v) is 9.88. The zero-order chi connectivity index (χ0) is 19.5. The average Bonchev–Trinajstić information content (AvgIpc) is 3.40. The van der Waals surface area contributed by atoms with E-state index in [9.17, 15) is 9.59 Å². The molecule has 1 saturated carbocycles. The highest BCUT2D eigenvalue weighted by molar-refractivity contribution is 5.76. The first-order valence-electron chi connectivity index (χ1n) is 9.88. The van der Waals surface area contributed by atoms with E-state index in [0.29, 0.717) is 6.54 Å². The molecule has 0 bridgehead atoms. The topological polar surface area (TPSA) is 67.7 Å². The van der Waals surface area contributed by atoms with Crippen LogP contribution >= 0.6 is 0 Å². The Morgan fingerprint density at radius 3 is 2.71 bits per heavy atom. The average molecular weight is 382 g/mol. The van der Waals surface area contributed by atoms with E-state index < -0.39 is 0 Å². The van der Waals surface area contributed by atoms with Crippen molar-refractivity contribution in [2.75, 3.05) is 25.1 Å². The lowest BCUT2D eigenvalue weighted by Gasteiger charge is -2.23. The number of benzene rings is 1. The predicted molar refractivity (Wildman–Crippen MR) is 107 cm³/mol. The number of nitrogens with zero attached hydrogens (tertiary/aromatic N) is 4. The molecule has 7 nitrogen and oxygen atoms in total. The molecule has 1 aromatic heterocycles. The minimum atomic E-state index is -0.227. The number of amides is 1. The van der Waals surface area contributed by atoms with E-state index >= 15 is 0 Å². The zero-order valence-corrected chi connectivity index (χ0v) is 16.2. The summed E-state index contributed by atoms with van der Waals surface area (Å²) >= 11 is 0. The minimum absolute atomic E-state index is 0.0282. The summed E-state index contributed by atoms with van der Waals surface area (Å²) in [5, 5.41) is 4.25. The standard InChI is InChI=1S/C21H26N4O3/c1-28-19-6-4-5-16(11-19)14-24(17-7-8-17)21(27)15-25-20(26)12-18(13-22-25)23-9-2-3-10-23/h4-6,11-13,17H,2-3,7-10,14-15H2,1H3. The highest BCUT2D eigenvalue weighted by atomic mass is 16.5. The van der Waals surface area contributed by atoms with Gasteiger partial charge in [-0.25, -0.2) is 4.68 Å². The fourth-order valence-corrected chi connectivity index (χ4v) is 3.68. The van der Waals surface area contributed by atoms with Gasteiger partial charge in [-0.1, -0.05) is 12.1 Å². The van der Waals surface area contributed by atoms with Crippen molar-refractivity contribution in [1.82, 2.24) is 14.7 Å². The number of rotatable bonds is 7. The highest BCUT2D eigenvalue weighted by Crippen LogP contribution is 2.29. The van der Waals surface area contributed by atoms with Crippen LogP contribution in [0.5, 0.6) is 5.75 Å². The molecule has 1 aromatic carbocycles. The second-order valence-electron chi connectivity index (χ2n) is 7.51. The molecule has 1 aliphatic carbocycles. The number of hydrogen-bond acceptors (Lipinski definition) is 5. The van der Waals surface area contributed by atoms with Gasteiger partial charge < -0.3 is 14.5 Å². The van der Waals surface area contributed by atoms with Crippen LogP contribution in [-0.2, 0) is 17.9 Å². The van der Waals surface area contributed by atoms with Crippen molar-refractivity contribution >= 4 is 11.6 Å². The second kappa shape index (κ2) is 8.04. The van der Waals surface area contributed by atoms with Gasteiger partial charge in [0.2, 0.25) is 5.91 Å². The van der Waals surface area contributed by atoms with Crippen LogP contribution in [-0.4, -0.2) is 46.8 Å². The van der Waals surface area contributed by atoms with Gasteiger partial charge in [-0.15, -0.1) is 0 Å². The van der Waals surface area contributed by atoms with Gasteiger partial charge >= 0.3 is 0 Å². The van der Waals surface area contributed by atoms with Crippen LogP contribution in [0.1, 0.15) is 31.2 Å². The molecule has 28 heavy (non-hydrogen) atoms.